The van der Waals surface area contributed by atoms with Crippen molar-refractivity contribution in [2.75, 3.05) is 19.8 Å². The lowest BCUT2D eigenvalue weighted by atomic mass is 9.97. The van der Waals surface area contributed by atoms with E-state index in [9.17, 15) is 45.6 Å². The van der Waals surface area contributed by atoms with Crippen molar-refractivity contribution in [2.45, 2.75) is 428 Å². The number of carbonyl (C=O) groups excluding carboxylic acids is 1. The lowest BCUT2D eigenvalue weighted by molar-refractivity contribution is -0.359. The molecule has 14 heteroatoms. The van der Waals surface area contributed by atoms with Gasteiger partial charge in [0, 0.05) is 6.42 Å². The van der Waals surface area contributed by atoms with Crippen molar-refractivity contribution in [1.29, 1.82) is 0 Å². The van der Waals surface area contributed by atoms with E-state index >= 15 is 0 Å². The third-order valence-corrected chi connectivity index (χ3v) is 20.6. The van der Waals surface area contributed by atoms with Crippen LogP contribution < -0.4 is 5.32 Å². The Kier molecular flexibility index (Phi) is 69.4. The van der Waals surface area contributed by atoms with Gasteiger partial charge in [-0.3, -0.25) is 4.79 Å². The highest BCUT2D eigenvalue weighted by Gasteiger charge is 2.51. The van der Waals surface area contributed by atoms with E-state index in [0.29, 0.717) is 6.42 Å². The molecular formula is C93H161NO13. The Hall–Kier alpha value is -3.87. The first-order valence-corrected chi connectivity index (χ1v) is 43.9. The number of unbranched alkanes of at least 4 members (excludes halogenated alkanes) is 40. The van der Waals surface area contributed by atoms with Gasteiger partial charge in [0.05, 0.1) is 32.0 Å². The number of carbonyl (C=O) groups is 1. The van der Waals surface area contributed by atoms with Gasteiger partial charge in [-0.05, 0) is 96.3 Å². The molecule has 0 aromatic rings. The van der Waals surface area contributed by atoms with E-state index in [2.05, 4.69) is 141 Å². The average molecular weight is 1500 g/mol. The molecule has 12 atom stereocenters. The number of aliphatic hydroxyl groups excluding tert-OH is 8. The van der Waals surface area contributed by atoms with Crippen molar-refractivity contribution in [3.63, 3.8) is 0 Å². The summed E-state index contributed by atoms with van der Waals surface area (Å²) in [5.74, 6) is -0.244. The van der Waals surface area contributed by atoms with Crippen LogP contribution in [-0.4, -0.2) is 140 Å². The Morgan fingerprint density at radius 2 is 0.645 bits per heavy atom. The SMILES string of the molecule is CC/C=C\C/C=C\C/C=C\C/C=C\C/C=C\C/C=C\C/C=C\C/C=C\C/C=C\C/C=C\CCCCCCCCCCCCC(=O)NC(COC1OC(CO)C(OC2OC(CO)C(O)C(O)C2O)C(O)C1O)C(O)/C=C/CCCCCCCCCCCCCCCCCCCCCCCCCCCCCCCC. The molecule has 0 aliphatic carbocycles. The highest BCUT2D eigenvalue weighted by Crippen LogP contribution is 2.30. The number of ether oxygens (including phenoxy) is 4. The molecule has 107 heavy (non-hydrogen) atoms. The Balaban J connectivity index is 1.60. The molecule has 12 unspecified atom stereocenters. The van der Waals surface area contributed by atoms with Gasteiger partial charge in [0.15, 0.2) is 12.6 Å². The summed E-state index contributed by atoms with van der Waals surface area (Å²) in [5.41, 5.74) is 0. The van der Waals surface area contributed by atoms with Crippen LogP contribution in [0.2, 0.25) is 0 Å². The molecule has 0 bridgehead atoms. The molecule has 0 aromatic carbocycles. The summed E-state index contributed by atoms with van der Waals surface area (Å²) in [5, 5.41) is 87.9. The van der Waals surface area contributed by atoms with Crippen LogP contribution in [0.3, 0.4) is 0 Å². The van der Waals surface area contributed by atoms with E-state index in [1.807, 2.05) is 6.08 Å². The first-order valence-electron chi connectivity index (χ1n) is 43.9. The van der Waals surface area contributed by atoms with Crippen molar-refractivity contribution in [1.82, 2.24) is 5.32 Å². The fraction of sp³-hybridized carbons (Fsp3) is 0.753. The minimum absolute atomic E-state index is 0.244. The van der Waals surface area contributed by atoms with Gasteiger partial charge in [-0.25, -0.2) is 0 Å². The van der Waals surface area contributed by atoms with E-state index < -0.39 is 86.8 Å². The summed E-state index contributed by atoms with van der Waals surface area (Å²) in [6.45, 7) is 2.72. The van der Waals surface area contributed by atoms with Crippen LogP contribution in [0.15, 0.2) is 134 Å². The monoisotopic (exact) mass is 1500 g/mol. The fourth-order valence-electron chi connectivity index (χ4n) is 13.7. The van der Waals surface area contributed by atoms with Crippen molar-refractivity contribution in [3.05, 3.63) is 134 Å². The van der Waals surface area contributed by atoms with Gasteiger partial charge in [-0.15, -0.1) is 0 Å². The van der Waals surface area contributed by atoms with Crippen LogP contribution in [0.5, 0.6) is 0 Å². The molecular weight excluding hydrogens is 1340 g/mol. The van der Waals surface area contributed by atoms with Gasteiger partial charge in [-0.2, -0.15) is 0 Å². The van der Waals surface area contributed by atoms with Crippen LogP contribution in [0.4, 0.5) is 0 Å². The molecule has 2 aliphatic heterocycles. The molecule has 2 rings (SSSR count). The number of rotatable bonds is 73. The second kappa shape index (κ2) is 74.9. The maximum atomic E-state index is 13.4. The third kappa shape index (κ3) is 56.9. The minimum atomic E-state index is -1.80. The summed E-state index contributed by atoms with van der Waals surface area (Å²) >= 11 is 0. The summed E-state index contributed by atoms with van der Waals surface area (Å²) in [6, 6.07) is -0.928. The van der Waals surface area contributed by atoms with Crippen LogP contribution in [0.1, 0.15) is 354 Å². The lowest BCUT2D eigenvalue weighted by Crippen LogP contribution is -2.65. The number of amides is 1. The second-order valence-corrected chi connectivity index (χ2v) is 30.3. The predicted octanol–water partition coefficient (Wildman–Crippen LogP) is 21.3. The van der Waals surface area contributed by atoms with Crippen molar-refractivity contribution in [2.24, 2.45) is 0 Å². The molecule has 2 fully saturated rings. The molecule has 9 N–H and O–H groups in total. The number of hydrogen-bond acceptors (Lipinski definition) is 13. The van der Waals surface area contributed by atoms with E-state index in [4.69, 9.17) is 18.9 Å². The molecule has 2 aliphatic rings. The summed E-state index contributed by atoms with van der Waals surface area (Å²) in [7, 11) is 0. The van der Waals surface area contributed by atoms with Gasteiger partial charge in [0.25, 0.3) is 0 Å². The highest BCUT2D eigenvalue weighted by atomic mass is 16.7. The Bertz CT molecular complexity index is 2320. The van der Waals surface area contributed by atoms with Crippen molar-refractivity contribution < 1.29 is 64.6 Å². The van der Waals surface area contributed by atoms with E-state index in [1.165, 1.54) is 218 Å². The average Bonchev–Trinajstić information content (AvgIpc) is 0.789. The van der Waals surface area contributed by atoms with Gasteiger partial charge in [0.2, 0.25) is 5.91 Å². The third-order valence-electron chi connectivity index (χ3n) is 20.6. The summed E-state index contributed by atoms with van der Waals surface area (Å²) in [6.07, 6.45) is 95.4. The second-order valence-electron chi connectivity index (χ2n) is 30.3. The lowest BCUT2D eigenvalue weighted by Gasteiger charge is -2.46. The van der Waals surface area contributed by atoms with Crippen molar-refractivity contribution in [3.8, 4) is 0 Å². The maximum Gasteiger partial charge on any atom is 0.220 e. The Labute approximate surface area is 653 Å². The minimum Gasteiger partial charge on any atom is -0.394 e. The van der Waals surface area contributed by atoms with Crippen LogP contribution in [-0.2, 0) is 23.7 Å². The number of allylic oxidation sites excluding steroid dienone is 21. The normalized spacial score (nSPS) is 21.9. The van der Waals surface area contributed by atoms with Crippen LogP contribution in [0.25, 0.3) is 0 Å². The number of nitrogens with one attached hydrogen (secondary N) is 1. The zero-order valence-electron chi connectivity index (χ0n) is 67.8. The number of hydrogen-bond donors (Lipinski definition) is 9. The first-order chi connectivity index (χ1) is 52.6. The van der Waals surface area contributed by atoms with Crippen LogP contribution >= 0.6 is 0 Å². The molecule has 0 spiro atoms. The number of aliphatic hydroxyl groups is 8. The largest absolute Gasteiger partial charge is 0.394 e. The zero-order valence-corrected chi connectivity index (χ0v) is 67.8. The summed E-state index contributed by atoms with van der Waals surface area (Å²) in [4.78, 5) is 13.4. The molecule has 2 saturated heterocycles. The fourth-order valence-corrected chi connectivity index (χ4v) is 13.7. The Morgan fingerprint density at radius 1 is 0.346 bits per heavy atom. The topological polar surface area (TPSA) is 228 Å². The quantitative estimate of drug-likeness (QED) is 0.0204. The van der Waals surface area contributed by atoms with E-state index in [1.54, 1.807) is 6.08 Å². The van der Waals surface area contributed by atoms with Crippen LogP contribution in [0, 0.1) is 0 Å². The first kappa shape index (κ1) is 99.2. The zero-order chi connectivity index (χ0) is 77.2. The van der Waals surface area contributed by atoms with E-state index in [-0.39, 0.29) is 18.9 Å². The molecule has 0 aromatic heterocycles. The van der Waals surface area contributed by atoms with E-state index in [0.717, 1.165) is 109 Å². The van der Waals surface area contributed by atoms with Gasteiger partial charge >= 0.3 is 0 Å². The molecule has 14 nitrogen and oxygen atoms in total. The van der Waals surface area contributed by atoms with Gasteiger partial charge < -0.3 is 65.1 Å². The van der Waals surface area contributed by atoms with Gasteiger partial charge in [0.1, 0.15) is 48.8 Å². The highest BCUT2D eigenvalue weighted by molar-refractivity contribution is 5.76. The molecule has 0 radical (unpaired) electrons. The predicted molar refractivity (Wildman–Crippen MR) is 447 cm³/mol. The Morgan fingerprint density at radius 3 is 0.991 bits per heavy atom. The molecule has 0 saturated carbocycles. The maximum absolute atomic E-state index is 13.4. The standard InChI is InChI=1S/C93H161NO13/c1-3-5-7-9-11-13-15-17-19-21-23-25-27-29-31-33-35-37-38-39-40-41-42-43-44-45-47-49-51-53-55-57-59-61-63-65-67-69-71-73-75-77-85(98)94-81(80-104-92-90(103)88(101)91(84(79-96)106-92)107-93-89(102)87(100)86(99)83(78-95)105-93)82(97)76-74-72-70-68-66-64-62-60-58-56-54-52-50-48-46-36-34-32-30-28-26-24-22-20-18-16-14-12-10-8-6-4-2/h5,7,11,13,17,19,23,25,29,31,35,37,39-40,42-43,45,47,51,53,74,76,81-84,86-93,95-97,99-103H,3-4,6,8-10,12,14-16,18,20-22,24,26-28,30,32-34,36,38,41,44,46,48-50,52,54-73,75,77-80H2,1-2H3,(H,94,98)/b7-5-,13-11-,19-17-,25-23-,31-29-,37-35-,40-39-,43-42-,47-45-,53-51-,76-74+. The smallest absolute Gasteiger partial charge is 0.220 e. The molecule has 1 amide bonds. The molecule has 616 valence electrons. The molecule has 2 heterocycles. The van der Waals surface area contributed by atoms with Gasteiger partial charge in [-0.1, -0.05) is 385 Å². The van der Waals surface area contributed by atoms with Crippen molar-refractivity contribution >= 4 is 5.91 Å². The summed E-state index contributed by atoms with van der Waals surface area (Å²) < 4.78 is 22.9.